The van der Waals surface area contributed by atoms with Gasteiger partial charge in [0, 0.05) is 32.0 Å². The van der Waals surface area contributed by atoms with E-state index in [0.717, 1.165) is 41.2 Å². The number of alkyl halides is 3. The summed E-state index contributed by atoms with van der Waals surface area (Å²) in [5.74, 6) is 0. The van der Waals surface area contributed by atoms with Gasteiger partial charge in [0.1, 0.15) is 0 Å². The number of nitrogens with zero attached hydrogens (tertiary/aromatic N) is 3. The van der Waals surface area contributed by atoms with Gasteiger partial charge in [0.15, 0.2) is 0 Å². The number of hydrogen-bond acceptors (Lipinski definition) is 2. The number of halogens is 3. The van der Waals surface area contributed by atoms with Gasteiger partial charge in [-0.15, -0.1) is 0 Å². The summed E-state index contributed by atoms with van der Waals surface area (Å²) < 4.78 is 38.2. The van der Waals surface area contributed by atoms with Crippen LogP contribution in [0.1, 0.15) is 23.6 Å². The minimum atomic E-state index is -4.32. The van der Waals surface area contributed by atoms with Crippen LogP contribution in [0, 0.1) is 13.8 Å². The van der Waals surface area contributed by atoms with Crippen molar-refractivity contribution in [2.75, 3.05) is 25.5 Å². The second-order valence-corrected chi connectivity index (χ2v) is 6.35. The number of benzene rings is 2. The van der Waals surface area contributed by atoms with E-state index in [2.05, 4.69) is 4.99 Å². The zero-order valence-electron chi connectivity index (χ0n) is 15.7. The fourth-order valence-electron chi connectivity index (χ4n) is 2.54. The predicted molar refractivity (Wildman–Crippen MR) is 102 cm³/mol. The van der Waals surface area contributed by atoms with E-state index in [1.165, 1.54) is 12.1 Å². The summed E-state index contributed by atoms with van der Waals surface area (Å²) in [5.41, 5.74) is 3.88. The van der Waals surface area contributed by atoms with E-state index < -0.39 is 11.7 Å². The minimum absolute atomic E-state index is 0.646. The Morgan fingerprint density at radius 1 is 1.00 bits per heavy atom. The number of rotatable bonds is 5. The average Bonchev–Trinajstić information content (AvgIpc) is 2.60. The van der Waals surface area contributed by atoms with Crippen molar-refractivity contribution >= 4 is 23.4 Å². The second kappa shape index (κ2) is 7.81. The first-order valence-corrected chi connectivity index (χ1v) is 8.40. The summed E-state index contributed by atoms with van der Waals surface area (Å²) in [7, 11) is 3.80. The molecule has 0 spiro atoms. The Bertz CT molecular complexity index is 780. The Kier molecular flexibility index (Phi) is 5.95. The molecule has 0 radical (unpaired) electrons. The van der Waals surface area contributed by atoms with E-state index in [9.17, 15) is 13.2 Å². The van der Waals surface area contributed by atoms with Crippen LogP contribution in [0.4, 0.5) is 30.2 Å². The van der Waals surface area contributed by atoms with Crippen molar-refractivity contribution < 1.29 is 13.2 Å². The molecule has 0 unspecified atom stereocenters. The van der Waals surface area contributed by atoms with Crippen LogP contribution in [0.15, 0.2) is 41.4 Å². The van der Waals surface area contributed by atoms with Crippen LogP contribution >= 0.6 is 0 Å². The number of anilines is 2. The molecule has 0 N–H and O–H groups in total. The molecule has 140 valence electrons. The van der Waals surface area contributed by atoms with Gasteiger partial charge < -0.3 is 9.80 Å². The van der Waals surface area contributed by atoms with Crippen molar-refractivity contribution in [2.45, 2.75) is 26.9 Å². The van der Waals surface area contributed by atoms with Crippen LogP contribution < -0.4 is 4.90 Å². The molecule has 0 saturated carbocycles. The molecule has 2 aromatic rings. The molecule has 6 heteroatoms. The van der Waals surface area contributed by atoms with E-state index in [0.29, 0.717) is 5.69 Å². The Labute approximate surface area is 152 Å². The number of aliphatic imine (C=N–C) groups is 1. The predicted octanol–water partition coefficient (Wildman–Crippen LogP) is 5.70. The zero-order chi connectivity index (χ0) is 19.5. The lowest BCUT2D eigenvalue weighted by molar-refractivity contribution is -0.137. The molecule has 0 atom stereocenters. The van der Waals surface area contributed by atoms with E-state index in [-0.39, 0.29) is 0 Å². The SMILES string of the molecule is CCN(C)C=Nc1cc(C)c(N(C)c2ccc(C(F)(F)F)cc2)cc1C. The largest absolute Gasteiger partial charge is 0.416 e. The van der Waals surface area contributed by atoms with Crippen molar-refractivity contribution in [3.63, 3.8) is 0 Å². The molecular weight excluding hydrogens is 339 g/mol. The summed E-state index contributed by atoms with van der Waals surface area (Å²) in [6, 6.07) is 9.18. The Hall–Kier alpha value is -2.50. The van der Waals surface area contributed by atoms with Crippen LogP contribution in [0.5, 0.6) is 0 Å². The van der Waals surface area contributed by atoms with Gasteiger partial charge in [0.25, 0.3) is 0 Å². The lowest BCUT2D eigenvalue weighted by Crippen LogP contribution is -2.14. The third kappa shape index (κ3) is 4.56. The molecule has 0 amide bonds. The van der Waals surface area contributed by atoms with Gasteiger partial charge in [-0.05, 0) is 68.3 Å². The smallest absolute Gasteiger partial charge is 0.366 e. The van der Waals surface area contributed by atoms with Crippen molar-refractivity contribution in [2.24, 2.45) is 4.99 Å². The van der Waals surface area contributed by atoms with Crippen LogP contribution in [-0.4, -0.2) is 31.9 Å². The first-order valence-electron chi connectivity index (χ1n) is 8.40. The Morgan fingerprint density at radius 2 is 1.62 bits per heavy atom. The minimum Gasteiger partial charge on any atom is -0.366 e. The van der Waals surface area contributed by atoms with Crippen LogP contribution in [0.3, 0.4) is 0 Å². The topological polar surface area (TPSA) is 18.8 Å². The second-order valence-electron chi connectivity index (χ2n) is 6.35. The molecule has 3 nitrogen and oxygen atoms in total. The molecule has 0 aromatic heterocycles. The van der Waals surface area contributed by atoms with Gasteiger partial charge >= 0.3 is 6.18 Å². The van der Waals surface area contributed by atoms with E-state index in [1.807, 2.05) is 56.8 Å². The zero-order valence-corrected chi connectivity index (χ0v) is 15.7. The summed E-state index contributed by atoms with van der Waals surface area (Å²) in [4.78, 5) is 8.37. The molecule has 0 aliphatic heterocycles. The lowest BCUT2D eigenvalue weighted by atomic mass is 10.1. The summed E-state index contributed by atoms with van der Waals surface area (Å²) in [6.45, 7) is 6.86. The van der Waals surface area contributed by atoms with Crippen molar-refractivity contribution in [3.05, 3.63) is 53.1 Å². The number of hydrogen-bond donors (Lipinski definition) is 0. The standard InChI is InChI=1S/C20H24F3N3/c1-6-25(4)13-24-18-11-15(3)19(12-14(18)2)26(5)17-9-7-16(8-10-17)20(21,22)23/h7-13H,6H2,1-5H3. The maximum absolute atomic E-state index is 12.7. The molecule has 2 rings (SSSR count). The fraction of sp³-hybridized carbons (Fsp3) is 0.350. The first kappa shape index (κ1) is 19.8. The van der Waals surface area contributed by atoms with Gasteiger partial charge in [-0.3, -0.25) is 0 Å². The van der Waals surface area contributed by atoms with Crippen molar-refractivity contribution in [3.8, 4) is 0 Å². The molecular formula is C20H24F3N3. The molecule has 2 aromatic carbocycles. The van der Waals surface area contributed by atoms with E-state index >= 15 is 0 Å². The van der Waals surface area contributed by atoms with Crippen LogP contribution in [0.25, 0.3) is 0 Å². The van der Waals surface area contributed by atoms with Gasteiger partial charge in [-0.1, -0.05) is 0 Å². The van der Waals surface area contributed by atoms with E-state index in [1.54, 1.807) is 6.34 Å². The van der Waals surface area contributed by atoms with Gasteiger partial charge in [-0.2, -0.15) is 13.2 Å². The van der Waals surface area contributed by atoms with Crippen LogP contribution in [0.2, 0.25) is 0 Å². The number of aryl methyl sites for hydroxylation is 2. The molecule has 0 aliphatic rings. The molecule has 0 fully saturated rings. The third-order valence-corrected chi connectivity index (χ3v) is 4.35. The van der Waals surface area contributed by atoms with Gasteiger partial charge in [0.05, 0.1) is 17.6 Å². The first-order chi connectivity index (χ1) is 12.1. The molecule has 26 heavy (non-hydrogen) atoms. The molecule has 0 aliphatic carbocycles. The van der Waals surface area contributed by atoms with Crippen LogP contribution in [-0.2, 0) is 6.18 Å². The molecule has 0 heterocycles. The fourth-order valence-corrected chi connectivity index (χ4v) is 2.54. The summed E-state index contributed by atoms with van der Waals surface area (Å²) >= 11 is 0. The molecule has 0 bridgehead atoms. The highest BCUT2D eigenvalue weighted by atomic mass is 19.4. The Balaban J connectivity index is 2.30. The van der Waals surface area contributed by atoms with Gasteiger partial charge in [0.2, 0.25) is 0 Å². The van der Waals surface area contributed by atoms with Gasteiger partial charge in [-0.25, -0.2) is 4.99 Å². The maximum Gasteiger partial charge on any atom is 0.416 e. The highest BCUT2D eigenvalue weighted by Gasteiger charge is 2.30. The molecule has 0 saturated heterocycles. The highest BCUT2D eigenvalue weighted by Crippen LogP contribution is 2.34. The Morgan fingerprint density at radius 3 is 2.15 bits per heavy atom. The average molecular weight is 363 g/mol. The van der Waals surface area contributed by atoms with E-state index in [4.69, 9.17) is 0 Å². The summed E-state index contributed by atoms with van der Waals surface area (Å²) in [6.07, 6.45) is -2.53. The lowest BCUT2D eigenvalue weighted by Gasteiger charge is -2.23. The quantitative estimate of drug-likeness (QED) is 0.501. The third-order valence-electron chi connectivity index (χ3n) is 4.35. The maximum atomic E-state index is 12.7. The highest BCUT2D eigenvalue weighted by molar-refractivity contribution is 5.72. The van der Waals surface area contributed by atoms with Crippen molar-refractivity contribution in [1.82, 2.24) is 4.90 Å². The van der Waals surface area contributed by atoms with Crippen molar-refractivity contribution in [1.29, 1.82) is 0 Å². The monoisotopic (exact) mass is 363 g/mol. The normalized spacial score (nSPS) is 11.8. The summed E-state index contributed by atoms with van der Waals surface area (Å²) in [5, 5.41) is 0.